The SMILES string of the molecule is Cc1c(C(=O)O)nnn1-c1ccc(-c2cnc3c(c2)CCN3C)cc1. The van der Waals surface area contributed by atoms with Crippen LogP contribution in [0, 0.1) is 6.92 Å². The first kappa shape index (κ1) is 15.3. The minimum atomic E-state index is -1.07. The topological polar surface area (TPSA) is 84.1 Å². The van der Waals surface area contributed by atoms with E-state index in [2.05, 4.69) is 33.3 Å². The normalized spacial score (nSPS) is 13.1. The monoisotopic (exact) mass is 335 g/mol. The van der Waals surface area contributed by atoms with Crippen molar-refractivity contribution < 1.29 is 9.90 Å². The maximum Gasteiger partial charge on any atom is 0.358 e. The fourth-order valence-corrected chi connectivity index (χ4v) is 3.15. The lowest BCUT2D eigenvalue weighted by Gasteiger charge is -2.11. The number of anilines is 1. The Balaban J connectivity index is 1.66. The molecule has 0 unspecified atom stereocenters. The van der Waals surface area contributed by atoms with Gasteiger partial charge in [-0.05, 0) is 42.7 Å². The molecule has 0 saturated heterocycles. The summed E-state index contributed by atoms with van der Waals surface area (Å²) in [6.07, 6.45) is 2.90. The number of hydrogen-bond donors (Lipinski definition) is 1. The van der Waals surface area contributed by atoms with Gasteiger partial charge in [-0.1, -0.05) is 17.3 Å². The molecule has 0 fully saturated rings. The highest BCUT2D eigenvalue weighted by Gasteiger charge is 2.18. The predicted octanol–water partition coefficient (Wildman–Crippen LogP) is 2.33. The van der Waals surface area contributed by atoms with Crippen molar-refractivity contribution in [3.63, 3.8) is 0 Å². The number of likely N-dealkylation sites (N-methyl/N-ethyl adjacent to an activating group) is 1. The van der Waals surface area contributed by atoms with Gasteiger partial charge in [0, 0.05) is 25.4 Å². The molecular weight excluding hydrogens is 318 g/mol. The van der Waals surface area contributed by atoms with Gasteiger partial charge in [0.25, 0.3) is 0 Å². The van der Waals surface area contributed by atoms with Gasteiger partial charge in [0.2, 0.25) is 0 Å². The third kappa shape index (κ3) is 2.53. The molecule has 2 aromatic heterocycles. The van der Waals surface area contributed by atoms with Crippen molar-refractivity contribution in [2.24, 2.45) is 0 Å². The molecule has 1 aliphatic heterocycles. The average molecular weight is 335 g/mol. The Labute approximate surface area is 144 Å². The Morgan fingerprint density at radius 1 is 1.20 bits per heavy atom. The van der Waals surface area contributed by atoms with Crippen molar-refractivity contribution in [3.8, 4) is 16.8 Å². The van der Waals surface area contributed by atoms with Gasteiger partial charge in [-0.2, -0.15) is 0 Å². The summed E-state index contributed by atoms with van der Waals surface area (Å²) < 4.78 is 1.53. The third-order valence-corrected chi connectivity index (χ3v) is 4.56. The molecule has 7 heteroatoms. The third-order valence-electron chi connectivity index (χ3n) is 4.56. The van der Waals surface area contributed by atoms with Crippen LogP contribution in [0.5, 0.6) is 0 Å². The molecule has 3 heterocycles. The van der Waals surface area contributed by atoms with Crippen molar-refractivity contribution in [1.82, 2.24) is 20.0 Å². The van der Waals surface area contributed by atoms with E-state index >= 15 is 0 Å². The van der Waals surface area contributed by atoms with Crippen molar-refractivity contribution in [2.75, 3.05) is 18.5 Å². The quantitative estimate of drug-likeness (QED) is 0.791. The molecule has 0 bridgehead atoms. The lowest BCUT2D eigenvalue weighted by atomic mass is 10.0. The largest absolute Gasteiger partial charge is 0.476 e. The first-order valence-corrected chi connectivity index (χ1v) is 8.01. The Bertz CT molecular complexity index is 962. The number of hydrogen-bond acceptors (Lipinski definition) is 5. The minimum absolute atomic E-state index is 0.0315. The van der Waals surface area contributed by atoms with E-state index in [0.717, 1.165) is 35.6 Å². The Morgan fingerprint density at radius 2 is 1.96 bits per heavy atom. The second kappa shape index (κ2) is 5.70. The number of carboxylic acid groups (broad SMARTS) is 1. The van der Waals surface area contributed by atoms with E-state index in [-0.39, 0.29) is 5.69 Å². The maximum atomic E-state index is 11.1. The van der Waals surface area contributed by atoms with Gasteiger partial charge in [-0.15, -0.1) is 5.10 Å². The lowest BCUT2D eigenvalue weighted by Crippen LogP contribution is -2.13. The molecule has 1 aromatic carbocycles. The lowest BCUT2D eigenvalue weighted by molar-refractivity contribution is 0.0689. The summed E-state index contributed by atoms with van der Waals surface area (Å²) in [5, 5.41) is 16.7. The molecule has 0 amide bonds. The van der Waals surface area contributed by atoms with Gasteiger partial charge in [0.05, 0.1) is 11.4 Å². The molecule has 0 saturated carbocycles. The Kier molecular flexibility index (Phi) is 3.49. The Hall–Kier alpha value is -3.22. The van der Waals surface area contributed by atoms with Gasteiger partial charge in [0.15, 0.2) is 5.69 Å². The van der Waals surface area contributed by atoms with Crippen LogP contribution in [0.25, 0.3) is 16.8 Å². The number of aromatic carboxylic acids is 1. The second-order valence-corrected chi connectivity index (χ2v) is 6.17. The van der Waals surface area contributed by atoms with E-state index in [4.69, 9.17) is 5.11 Å². The van der Waals surface area contributed by atoms with Crippen LogP contribution in [0.1, 0.15) is 21.7 Å². The predicted molar refractivity (Wildman–Crippen MR) is 93.3 cm³/mol. The number of carboxylic acids is 1. The minimum Gasteiger partial charge on any atom is -0.476 e. The molecule has 7 nitrogen and oxygen atoms in total. The molecule has 3 aromatic rings. The summed E-state index contributed by atoms with van der Waals surface area (Å²) in [6.45, 7) is 2.69. The van der Waals surface area contributed by atoms with Crippen LogP contribution < -0.4 is 4.90 Å². The van der Waals surface area contributed by atoms with E-state index in [1.807, 2.05) is 30.5 Å². The van der Waals surface area contributed by atoms with Crippen LogP contribution in [0.4, 0.5) is 5.82 Å². The van der Waals surface area contributed by atoms with Crippen LogP contribution in [0.3, 0.4) is 0 Å². The van der Waals surface area contributed by atoms with E-state index in [1.165, 1.54) is 10.2 Å². The first-order valence-electron chi connectivity index (χ1n) is 8.01. The zero-order valence-electron chi connectivity index (χ0n) is 14.0. The van der Waals surface area contributed by atoms with Gasteiger partial charge in [-0.3, -0.25) is 0 Å². The second-order valence-electron chi connectivity index (χ2n) is 6.17. The van der Waals surface area contributed by atoms with Crippen molar-refractivity contribution in [2.45, 2.75) is 13.3 Å². The molecule has 0 aliphatic carbocycles. The summed E-state index contributed by atoms with van der Waals surface area (Å²) in [5.41, 5.74) is 4.64. The van der Waals surface area contributed by atoms with Crippen LogP contribution >= 0.6 is 0 Å². The molecule has 0 spiro atoms. The number of rotatable bonds is 3. The summed E-state index contributed by atoms with van der Waals surface area (Å²) in [7, 11) is 2.05. The number of nitrogens with zero attached hydrogens (tertiary/aromatic N) is 5. The molecular formula is C18H17N5O2. The average Bonchev–Trinajstić information content (AvgIpc) is 3.18. The van der Waals surface area contributed by atoms with Gasteiger partial charge in [-0.25, -0.2) is 14.5 Å². The molecule has 1 aliphatic rings. The number of pyridine rings is 1. The van der Waals surface area contributed by atoms with Crippen LogP contribution in [-0.2, 0) is 6.42 Å². The standard InChI is InChI=1S/C18H17N5O2/c1-11-16(18(24)25)20-21-23(11)15-5-3-12(4-6-15)14-9-13-7-8-22(2)17(13)19-10-14/h3-6,9-10H,7-8H2,1-2H3,(H,24,25). The van der Waals surface area contributed by atoms with E-state index in [1.54, 1.807) is 6.92 Å². The first-order chi connectivity index (χ1) is 12.0. The highest BCUT2D eigenvalue weighted by molar-refractivity contribution is 5.86. The molecule has 0 radical (unpaired) electrons. The molecule has 25 heavy (non-hydrogen) atoms. The number of aromatic nitrogens is 4. The van der Waals surface area contributed by atoms with Crippen molar-refractivity contribution in [3.05, 3.63) is 53.5 Å². The summed E-state index contributed by atoms with van der Waals surface area (Å²) in [4.78, 5) is 17.8. The zero-order valence-corrected chi connectivity index (χ0v) is 14.0. The fraction of sp³-hybridized carbons (Fsp3) is 0.222. The zero-order chi connectivity index (χ0) is 17.6. The number of carbonyl (C=O) groups is 1. The summed E-state index contributed by atoms with van der Waals surface area (Å²) in [5.74, 6) is -0.0191. The fourth-order valence-electron chi connectivity index (χ4n) is 3.15. The number of fused-ring (bicyclic) bond motifs is 1. The summed E-state index contributed by atoms with van der Waals surface area (Å²) >= 11 is 0. The van der Waals surface area contributed by atoms with Gasteiger partial charge in [0.1, 0.15) is 5.82 Å². The van der Waals surface area contributed by atoms with Gasteiger partial charge < -0.3 is 10.0 Å². The van der Waals surface area contributed by atoms with E-state index in [0.29, 0.717) is 5.69 Å². The number of benzene rings is 1. The van der Waals surface area contributed by atoms with Crippen LogP contribution in [0.15, 0.2) is 36.5 Å². The Morgan fingerprint density at radius 3 is 2.64 bits per heavy atom. The van der Waals surface area contributed by atoms with Gasteiger partial charge >= 0.3 is 5.97 Å². The van der Waals surface area contributed by atoms with Crippen molar-refractivity contribution >= 4 is 11.8 Å². The highest BCUT2D eigenvalue weighted by Crippen LogP contribution is 2.29. The van der Waals surface area contributed by atoms with E-state index < -0.39 is 5.97 Å². The summed E-state index contributed by atoms with van der Waals surface area (Å²) in [6, 6.07) is 9.96. The highest BCUT2D eigenvalue weighted by atomic mass is 16.4. The van der Waals surface area contributed by atoms with Crippen LogP contribution in [0.2, 0.25) is 0 Å². The molecule has 4 rings (SSSR count). The van der Waals surface area contributed by atoms with E-state index in [9.17, 15) is 4.79 Å². The molecule has 0 atom stereocenters. The van der Waals surface area contributed by atoms with Crippen LogP contribution in [-0.4, -0.2) is 44.6 Å². The molecule has 126 valence electrons. The van der Waals surface area contributed by atoms with Crippen molar-refractivity contribution in [1.29, 1.82) is 0 Å². The smallest absolute Gasteiger partial charge is 0.358 e. The maximum absolute atomic E-state index is 11.1. The molecule has 1 N–H and O–H groups in total.